The van der Waals surface area contributed by atoms with E-state index in [0.29, 0.717) is 11.8 Å². The van der Waals surface area contributed by atoms with E-state index in [-0.39, 0.29) is 6.04 Å². The van der Waals surface area contributed by atoms with Crippen LogP contribution >= 0.6 is 12.6 Å². The van der Waals surface area contributed by atoms with Crippen molar-refractivity contribution < 1.29 is 0 Å². The molecule has 0 saturated carbocycles. The van der Waals surface area contributed by atoms with Crippen molar-refractivity contribution >= 4 is 12.6 Å². The van der Waals surface area contributed by atoms with Crippen LogP contribution in [-0.2, 0) is 0 Å². The van der Waals surface area contributed by atoms with E-state index in [1.54, 1.807) is 0 Å². The molecule has 0 spiro atoms. The van der Waals surface area contributed by atoms with Crippen molar-refractivity contribution in [1.82, 2.24) is 0 Å². The Morgan fingerprint density at radius 2 is 2.12 bits per heavy atom. The molecule has 1 unspecified atom stereocenters. The first-order chi connectivity index (χ1) is 3.66. The smallest absolute Gasteiger partial charge is 0.0173 e. The highest BCUT2D eigenvalue weighted by Crippen LogP contribution is 2.00. The van der Waals surface area contributed by atoms with Crippen LogP contribution in [0.1, 0.15) is 13.3 Å². The average molecular weight is 134 g/mol. The van der Waals surface area contributed by atoms with E-state index in [9.17, 15) is 0 Å². The Hall–Kier alpha value is 0.270. The normalized spacial score (nSPS) is 18.0. The third-order valence-electron chi connectivity index (χ3n) is 0.947. The molecule has 0 aromatic carbocycles. The molecule has 0 saturated heterocycles. The molecule has 50 valence electrons. The van der Waals surface area contributed by atoms with Crippen LogP contribution in [0.15, 0.2) is 0 Å². The van der Waals surface area contributed by atoms with Crippen LogP contribution in [0.5, 0.6) is 0 Å². The summed E-state index contributed by atoms with van der Waals surface area (Å²) in [6, 6.07) is 0.127. The van der Waals surface area contributed by atoms with Gasteiger partial charge in [-0.25, -0.2) is 0 Å². The molecule has 0 aromatic rings. The van der Waals surface area contributed by atoms with Crippen molar-refractivity contribution in [3.8, 4) is 0 Å². The summed E-state index contributed by atoms with van der Waals surface area (Å²) in [5, 5.41) is 0.369. The number of thiol groups is 1. The van der Waals surface area contributed by atoms with E-state index < -0.39 is 0 Å². The SMILES string of the molecule is CC(S)C[C@H](N)CN. The lowest BCUT2D eigenvalue weighted by molar-refractivity contribution is 0.622. The van der Waals surface area contributed by atoms with E-state index in [4.69, 9.17) is 11.5 Å². The Morgan fingerprint density at radius 1 is 1.62 bits per heavy atom. The lowest BCUT2D eigenvalue weighted by Gasteiger charge is -2.09. The van der Waals surface area contributed by atoms with Gasteiger partial charge < -0.3 is 11.5 Å². The van der Waals surface area contributed by atoms with Crippen LogP contribution in [0.2, 0.25) is 0 Å². The highest BCUT2D eigenvalue weighted by Gasteiger charge is 2.01. The molecule has 3 heteroatoms. The van der Waals surface area contributed by atoms with Crippen LogP contribution in [0.3, 0.4) is 0 Å². The molecule has 0 aliphatic heterocycles. The Morgan fingerprint density at radius 3 is 2.25 bits per heavy atom. The number of hydrogen-bond acceptors (Lipinski definition) is 3. The summed E-state index contributed by atoms with van der Waals surface area (Å²) in [7, 11) is 0. The van der Waals surface area contributed by atoms with Gasteiger partial charge >= 0.3 is 0 Å². The molecule has 0 aromatic heterocycles. The largest absolute Gasteiger partial charge is 0.329 e. The fraction of sp³-hybridized carbons (Fsp3) is 1.00. The number of hydrogen-bond donors (Lipinski definition) is 3. The molecule has 8 heavy (non-hydrogen) atoms. The van der Waals surface area contributed by atoms with Crippen molar-refractivity contribution in [3.05, 3.63) is 0 Å². The number of nitrogens with two attached hydrogens (primary N) is 2. The molecule has 0 rings (SSSR count). The topological polar surface area (TPSA) is 52.0 Å². The van der Waals surface area contributed by atoms with Crippen molar-refractivity contribution in [1.29, 1.82) is 0 Å². The average Bonchev–Trinajstić information content (AvgIpc) is 1.65. The van der Waals surface area contributed by atoms with Crippen LogP contribution in [0, 0.1) is 0 Å². The molecule has 0 fully saturated rings. The molecular formula is C5H14N2S. The molecule has 4 N–H and O–H groups in total. The van der Waals surface area contributed by atoms with Gasteiger partial charge in [0.1, 0.15) is 0 Å². The van der Waals surface area contributed by atoms with Gasteiger partial charge in [-0.1, -0.05) is 6.92 Å². The van der Waals surface area contributed by atoms with E-state index in [1.165, 1.54) is 0 Å². The lowest BCUT2D eigenvalue weighted by atomic mass is 10.2. The second-order valence-electron chi connectivity index (χ2n) is 2.08. The summed E-state index contributed by atoms with van der Waals surface area (Å²) in [4.78, 5) is 0. The van der Waals surface area contributed by atoms with Crippen molar-refractivity contribution in [3.63, 3.8) is 0 Å². The predicted molar refractivity (Wildman–Crippen MR) is 40.1 cm³/mol. The first-order valence-corrected chi connectivity index (χ1v) is 3.32. The zero-order valence-corrected chi connectivity index (χ0v) is 6.07. The third kappa shape index (κ3) is 4.43. The number of rotatable bonds is 3. The Labute approximate surface area is 56.0 Å². The Balaban J connectivity index is 3.10. The van der Waals surface area contributed by atoms with Gasteiger partial charge in [-0.2, -0.15) is 12.6 Å². The van der Waals surface area contributed by atoms with Gasteiger partial charge in [0.2, 0.25) is 0 Å². The van der Waals surface area contributed by atoms with E-state index >= 15 is 0 Å². The summed E-state index contributed by atoms with van der Waals surface area (Å²) in [6.07, 6.45) is 0.902. The zero-order valence-electron chi connectivity index (χ0n) is 5.17. The van der Waals surface area contributed by atoms with Crippen LogP contribution in [0.25, 0.3) is 0 Å². The van der Waals surface area contributed by atoms with Gasteiger partial charge in [0.15, 0.2) is 0 Å². The minimum atomic E-state index is 0.127. The molecule has 0 amide bonds. The second kappa shape index (κ2) is 4.18. The minimum absolute atomic E-state index is 0.127. The molecule has 0 heterocycles. The maximum Gasteiger partial charge on any atom is 0.0173 e. The quantitative estimate of drug-likeness (QED) is 0.475. The fourth-order valence-electron chi connectivity index (χ4n) is 0.534. The maximum absolute atomic E-state index is 5.50. The van der Waals surface area contributed by atoms with Gasteiger partial charge in [-0.3, -0.25) is 0 Å². The Kier molecular flexibility index (Phi) is 4.32. The van der Waals surface area contributed by atoms with Gasteiger partial charge in [-0.05, 0) is 6.42 Å². The van der Waals surface area contributed by atoms with Crippen LogP contribution < -0.4 is 11.5 Å². The summed E-state index contributed by atoms with van der Waals surface area (Å²) in [5.74, 6) is 0. The first-order valence-electron chi connectivity index (χ1n) is 2.80. The van der Waals surface area contributed by atoms with Crippen molar-refractivity contribution in [2.45, 2.75) is 24.6 Å². The Bertz CT molecular complexity index is 56.4. The first kappa shape index (κ1) is 8.27. The van der Waals surface area contributed by atoms with Crippen molar-refractivity contribution in [2.24, 2.45) is 11.5 Å². The molecule has 0 bridgehead atoms. The summed E-state index contributed by atoms with van der Waals surface area (Å²) in [6.45, 7) is 2.57. The molecule has 0 aliphatic carbocycles. The molecule has 0 radical (unpaired) electrons. The molecule has 0 aliphatic rings. The third-order valence-corrected chi connectivity index (χ3v) is 1.16. The standard InChI is InChI=1S/C5H14N2S/c1-4(8)2-5(7)3-6/h4-5,8H,2-3,6-7H2,1H3/t4?,5-/m0/s1. The highest BCUT2D eigenvalue weighted by molar-refractivity contribution is 7.80. The fourth-order valence-corrected chi connectivity index (χ4v) is 0.805. The van der Waals surface area contributed by atoms with Gasteiger partial charge in [-0.15, -0.1) is 0 Å². The maximum atomic E-state index is 5.50. The predicted octanol–water partition coefficient (Wildman–Crippen LogP) is -0.0192. The highest BCUT2D eigenvalue weighted by atomic mass is 32.1. The van der Waals surface area contributed by atoms with Gasteiger partial charge in [0, 0.05) is 17.8 Å². The monoisotopic (exact) mass is 134 g/mol. The van der Waals surface area contributed by atoms with E-state index in [2.05, 4.69) is 12.6 Å². The van der Waals surface area contributed by atoms with Crippen molar-refractivity contribution in [2.75, 3.05) is 6.54 Å². The van der Waals surface area contributed by atoms with Gasteiger partial charge in [0.05, 0.1) is 0 Å². The summed E-state index contributed by atoms with van der Waals surface area (Å²) >= 11 is 4.16. The van der Waals surface area contributed by atoms with E-state index in [0.717, 1.165) is 6.42 Å². The summed E-state index contributed by atoms with van der Waals surface area (Å²) in [5.41, 5.74) is 10.8. The minimum Gasteiger partial charge on any atom is -0.329 e. The molecule has 2 atom stereocenters. The molecular weight excluding hydrogens is 120 g/mol. The second-order valence-corrected chi connectivity index (χ2v) is 2.96. The van der Waals surface area contributed by atoms with E-state index in [1.807, 2.05) is 6.92 Å². The summed E-state index contributed by atoms with van der Waals surface area (Å²) < 4.78 is 0. The van der Waals surface area contributed by atoms with Crippen LogP contribution in [-0.4, -0.2) is 17.8 Å². The lowest BCUT2D eigenvalue weighted by Crippen LogP contribution is -2.31. The zero-order chi connectivity index (χ0) is 6.57. The van der Waals surface area contributed by atoms with Crippen LogP contribution in [0.4, 0.5) is 0 Å². The van der Waals surface area contributed by atoms with Gasteiger partial charge in [0.25, 0.3) is 0 Å². The molecule has 2 nitrogen and oxygen atoms in total.